The lowest BCUT2D eigenvalue weighted by Gasteiger charge is -2.26. The minimum absolute atomic E-state index is 0.00605. The van der Waals surface area contributed by atoms with Crippen LogP contribution in [-0.4, -0.2) is 48.3 Å². The maximum Gasteiger partial charge on any atom is 0.244 e. The van der Waals surface area contributed by atoms with Gasteiger partial charge in [0.15, 0.2) is 0 Å². The smallest absolute Gasteiger partial charge is 0.244 e. The summed E-state index contributed by atoms with van der Waals surface area (Å²) in [4.78, 5) is 28.5. The average Bonchev–Trinajstić information content (AvgIpc) is 3.12. The van der Waals surface area contributed by atoms with Crippen molar-refractivity contribution in [3.05, 3.63) is 65.2 Å². The van der Waals surface area contributed by atoms with E-state index in [4.69, 9.17) is 11.6 Å². The zero-order valence-corrected chi connectivity index (χ0v) is 16.2. The van der Waals surface area contributed by atoms with E-state index in [1.54, 1.807) is 31.3 Å². The quantitative estimate of drug-likeness (QED) is 0.827. The second kappa shape index (κ2) is 9.02. The molecule has 1 aliphatic rings. The number of nitrogens with one attached hydrogen (secondary N) is 1. The van der Waals surface area contributed by atoms with Crippen molar-refractivity contribution in [3.8, 4) is 0 Å². The lowest BCUT2D eigenvalue weighted by Crippen LogP contribution is -2.41. The first kappa shape index (κ1) is 19.4. The van der Waals surface area contributed by atoms with Crippen molar-refractivity contribution in [1.82, 2.24) is 9.80 Å². The van der Waals surface area contributed by atoms with E-state index in [2.05, 4.69) is 22.3 Å². The van der Waals surface area contributed by atoms with Crippen LogP contribution in [0.2, 0.25) is 5.02 Å². The first-order valence-electron chi connectivity index (χ1n) is 9.12. The predicted octanol–water partition coefficient (Wildman–Crippen LogP) is 3.57. The monoisotopic (exact) mass is 385 g/mol. The Morgan fingerprint density at radius 2 is 1.85 bits per heavy atom. The normalized spacial score (nSPS) is 16.9. The van der Waals surface area contributed by atoms with Crippen molar-refractivity contribution in [2.24, 2.45) is 0 Å². The molecule has 1 N–H and O–H groups in total. The maximum atomic E-state index is 12.6. The highest BCUT2D eigenvalue weighted by Gasteiger charge is 2.28. The van der Waals surface area contributed by atoms with Crippen molar-refractivity contribution in [2.75, 3.05) is 32.0 Å². The van der Waals surface area contributed by atoms with Gasteiger partial charge in [0.2, 0.25) is 11.8 Å². The number of amides is 2. The number of likely N-dealkylation sites (N-methyl/N-ethyl adjacent to an activating group) is 1. The van der Waals surface area contributed by atoms with E-state index in [1.807, 2.05) is 18.2 Å². The SMILES string of the molecule is CN(CC(=O)Nc1ccccc1Cl)C(=O)CN1CCC[C@@H]1c1ccccc1. The molecule has 142 valence electrons. The van der Waals surface area contributed by atoms with Crippen molar-refractivity contribution in [3.63, 3.8) is 0 Å². The fourth-order valence-corrected chi connectivity index (χ4v) is 3.60. The summed E-state index contributed by atoms with van der Waals surface area (Å²) in [6.45, 7) is 1.20. The molecule has 1 saturated heterocycles. The summed E-state index contributed by atoms with van der Waals surface area (Å²) in [6.07, 6.45) is 2.12. The van der Waals surface area contributed by atoms with E-state index in [1.165, 1.54) is 10.5 Å². The lowest BCUT2D eigenvalue weighted by atomic mass is 10.0. The third-order valence-electron chi connectivity index (χ3n) is 4.84. The molecule has 27 heavy (non-hydrogen) atoms. The van der Waals surface area contributed by atoms with Gasteiger partial charge < -0.3 is 10.2 Å². The van der Waals surface area contributed by atoms with E-state index < -0.39 is 0 Å². The Kier molecular flexibility index (Phi) is 6.48. The Bertz CT molecular complexity index is 797. The van der Waals surface area contributed by atoms with Gasteiger partial charge in [-0.15, -0.1) is 0 Å². The molecule has 0 bridgehead atoms. The summed E-state index contributed by atoms with van der Waals surface area (Å²) < 4.78 is 0. The first-order valence-corrected chi connectivity index (χ1v) is 9.49. The standard InChI is InChI=1S/C21H24ClN3O2/c1-24(14-20(26)23-18-11-6-5-10-17(18)22)21(27)15-25-13-7-12-19(25)16-8-3-2-4-9-16/h2-6,8-11,19H,7,12-15H2,1H3,(H,23,26)/t19-/m1/s1. The van der Waals surface area contributed by atoms with Crippen molar-refractivity contribution < 1.29 is 9.59 Å². The van der Waals surface area contributed by atoms with Gasteiger partial charge in [0.1, 0.15) is 0 Å². The summed E-state index contributed by atoms with van der Waals surface area (Å²) in [5, 5.41) is 3.22. The average molecular weight is 386 g/mol. The number of likely N-dealkylation sites (tertiary alicyclic amines) is 1. The number of para-hydroxylation sites is 1. The number of benzene rings is 2. The van der Waals surface area contributed by atoms with Crippen LogP contribution in [-0.2, 0) is 9.59 Å². The second-order valence-electron chi connectivity index (χ2n) is 6.82. The molecule has 0 unspecified atom stereocenters. The van der Waals surface area contributed by atoms with Gasteiger partial charge >= 0.3 is 0 Å². The van der Waals surface area contributed by atoms with Crippen LogP contribution in [0.5, 0.6) is 0 Å². The highest BCUT2D eigenvalue weighted by atomic mass is 35.5. The van der Waals surface area contributed by atoms with Gasteiger partial charge in [0.25, 0.3) is 0 Å². The topological polar surface area (TPSA) is 52.7 Å². The van der Waals surface area contributed by atoms with Crippen molar-refractivity contribution in [2.45, 2.75) is 18.9 Å². The van der Waals surface area contributed by atoms with Gasteiger partial charge in [-0.1, -0.05) is 54.1 Å². The molecule has 0 radical (unpaired) electrons. The minimum atomic E-state index is -0.264. The molecule has 1 heterocycles. The number of nitrogens with zero attached hydrogens (tertiary/aromatic N) is 2. The molecule has 0 aliphatic carbocycles. The zero-order valence-electron chi connectivity index (χ0n) is 15.4. The number of rotatable bonds is 6. The third-order valence-corrected chi connectivity index (χ3v) is 5.17. The predicted molar refractivity (Wildman–Crippen MR) is 108 cm³/mol. The van der Waals surface area contributed by atoms with Crippen LogP contribution >= 0.6 is 11.6 Å². The summed E-state index contributed by atoms with van der Waals surface area (Å²) in [5.41, 5.74) is 1.79. The Balaban J connectivity index is 1.54. The number of hydrogen-bond acceptors (Lipinski definition) is 3. The molecule has 2 amide bonds. The number of hydrogen-bond donors (Lipinski definition) is 1. The lowest BCUT2D eigenvalue weighted by molar-refractivity contribution is -0.134. The molecular formula is C21H24ClN3O2. The van der Waals surface area contributed by atoms with E-state index in [0.717, 1.165) is 19.4 Å². The van der Waals surface area contributed by atoms with Crippen LogP contribution in [0.25, 0.3) is 0 Å². The highest BCUT2D eigenvalue weighted by molar-refractivity contribution is 6.33. The van der Waals surface area contributed by atoms with Gasteiger partial charge in [0.05, 0.1) is 23.8 Å². The van der Waals surface area contributed by atoms with Gasteiger partial charge in [-0.25, -0.2) is 0 Å². The summed E-state index contributed by atoms with van der Waals surface area (Å²) >= 11 is 6.05. The summed E-state index contributed by atoms with van der Waals surface area (Å²) in [5.74, 6) is -0.327. The van der Waals surface area contributed by atoms with Crippen LogP contribution in [0.1, 0.15) is 24.4 Å². The van der Waals surface area contributed by atoms with Gasteiger partial charge in [0, 0.05) is 13.1 Å². The van der Waals surface area contributed by atoms with Crippen LogP contribution in [0.4, 0.5) is 5.69 Å². The molecule has 5 nitrogen and oxygen atoms in total. The number of halogens is 1. The van der Waals surface area contributed by atoms with E-state index >= 15 is 0 Å². The molecule has 2 aromatic carbocycles. The van der Waals surface area contributed by atoms with E-state index in [-0.39, 0.29) is 24.4 Å². The number of carbonyl (C=O) groups is 2. The molecule has 0 spiro atoms. The Labute approximate surface area is 164 Å². The maximum absolute atomic E-state index is 12.6. The Morgan fingerprint density at radius 1 is 1.15 bits per heavy atom. The minimum Gasteiger partial charge on any atom is -0.335 e. The largest absolute Gasteiger partial charge is 0.335 e. The Morgan fingerprint density at radius 3 is 2.59 bits per heavy atom. The van der Waals surface area contributed by atoms with Gasteiger partial charge in [-0.3, -0.25) is 14.5 Å². The molecular weight excluding hydrogens is 362 g/mol. The number of anilines is 1. The molecule has 2 aromatic rings. The molecule has 1 fully saturated rings. The molecule has 0 saturated carbocycles. The summed E-state index contributed by atoms with van der Waals surface area (Å²) in [6, 6.07) is 17.6. The third kappa shape index (κ3) is 5.08. The zero-order chi connectivity index (χ0) is 19.2. The summed E-state index contributed by atoms with van der Waals surface area (Å²) in [7, 11) is 1.65. The fourth-order valence-electron chi connectivity index (χ4n) is 3.42. The van der Waals surface area contributed by atoms with Crippen LogP contribution in [0.3, 0.4) is 0 Å². The van der Waals surface area contributed by atoms with Gasteiger partial charge in [-0.05, 0) is 37.1 Å². The van der Waals surface area contributed by atoms with Gasteiger partial charge in [-0.2, -0.15) is 0 Å². The second-order valence-corrected chi connectivity index (χ2v) is 7.22. The molecule has 1 aliphatic heterocycles. The highest BCUT2D eigenvalue weighted by Crippen LogP contribution is 2.31. The number of carbonyl (C=O) groups excluding carboxylic acids is 2. The van der Waals surface area contributed by atoms with Crippen LogP contribution in [0, 0.1) is 0 Å². The van der Waals surface area contributed by atoms with E-state index in [0.29, 0.717) is 17.3 Å². The molecule has 0 aromatic heterocycles. The molecule has 6 heteroatoms. The van der Waals surface area contributed by atoms with Crippen LogP contribution in [0.15, 0.2) is 54.6 Å². The first-order chi connectivity index (χ1) is 13.0. The van der Waals surface area contributed by atoms with Crippen molar-refractivity contribution >= 4 is 29.1 Å². The molecule has 1 atom stereocenters. The fraction of sp³-hybridized carbons (Fsp3) is 0.333. The van der Waals surface area contributed by atoms with E-state index in [9.17, 15) is 9.59 Å². The van der Waals surface area contributed by atoms with Crippen LogP contribution < -0.4 is 5.32 Å². The Hall–Kier alpha value is -2.37. The van der Waals surface area contributed by atoms with Crippen molar-refractivity contribution in [1.29, 1.82) is 0 Å². The molecule has 3 rings (SSSR count).